The molecule has 1 heterocycles. The SMILES string of the molecule is COC(=O)[C@@H]1C[C@@H](NC(=O)c2ccccc2F)CN1Cc1cccc(C(F)(F)F)c1. The Hall–Kier alpha value is -2.94. The van der Waals surface area contributed by atoms with Crippen LogP contribution in [0.3, 0.4) is 0 Å². The molecule has 0 aromatic heterocycles. The fourth-order valence-corrected chi connectivity index (χ4v) is 3.55. The smallest absolute Gasteiger partial charge is 0.416 e. The topological polar surface area (TPSA) is 58.6 Å². The minimum absolute atomic E-state index is 0.0652. The van der Waals surface area contributed by atoms with Crippen molar-refractivity contribution in [1.82, 2.24) is 10.2 Å². The first-order chi connectivity index (χ1) is 14.2. The second-order valence-corrected chi connectivity index (χ2v) is 7.05. The number of nitrogens with zero attached hydrogens (tertiary/aromatic N) is 1. The normalized spacial score (nSPS) is 19.5. The molecule has 0 saturated carbocycles. The van der Waals surface area contributed by atoms with Crippen molar-refractivity contribution in [3.05, 3.63) is 71.0 Å². The molecule has 1 aliphatic rings. The van der Waals surface area contributed by atoms with E-state index in [1.165, 1.54) is 43.5 Å². The highest BCUT2D eigenvalue weighted by Crippen LogP contribution is 2.30. The largest absolute Gasteiger partial charge is 0.468 e. The first-order valence-corrected chi connectivity index (χ1v) is 9.22. The first kappa shape index (κ1) is 21.8. The second-order valence-electron chi connectivity index (χ2n) is 7.05. The van der Waals surface area contributed by atoms with Gasteiger partial charge < -0.3 is 10.1 Å². The lowest BCUT2D eigenvalue weighted by molar-refractivity contribution is -0.146. The Morgan fingerprint density at radius 3 is 2.57 bits per heavy atom. The quantitative estimate of drug-likeness (QED) is 0.591. The van der Waals surface area contributed by atoms with E-state index in [1.54, 1.807) is 4.90 Å². The van der Waals surface area contributed by atoms with Gasteiger partial charge in [0.25, 0.3) is 5.91 Å². The Labute approximate surface area is 170 Å². The third-order valence-electron chi connectivity index (χ3n) is 4.97. The van der Waals surface area contributed by atoms with Crippen LogP contribution in [0.1, 0.15) is 27.9 Å². The molecule has 1 N–H and O–H groups in total. The summed E-state index contributed by atoms with van der Waals surface area (Å²) in [4.78, 5) is 26.2. The van der Waals surface area contributed by atoms with Crippen LogP contribution in [0.4, 0.5) is 17.6 Å². The van der Waals surface area contributed by atoms with E-state index in [4.69, 9.17) is 4.74 Å². The number of amides is 1. The number of methoxy groups -OCH3 is 1. The zero-order chi connectivity index (χ0) is 21.9. The number of ether oxygens (including phenoxy) is 1. The van der Waals surface area contributed by atoms with Crippen molar-refractivity contribution in [3.63, 3.8) is 0 Å². The van der Waals surface area contributed by atoms with Gasteiger partial charge in [-0.3, -0.25) is 14.5 Å². The van der Waals surface area contributed by atoms with E-state index in [9.17, 15) is 27.2 Å². The Balaban J connectivity index is 1.75. The molecule has 0 radical (unpaired) electrons. The fraction of sp³-hybridized carbons (Fsp3) is 0.333. The molecule has 0 unspecified atom stereocenters. The highest BCUT2D eigenvalue weighted by atomic mass is 19.4. The predicted molar refractivity (Wildman–Crippen MR) is 99.9 cm³/mol. The molecule has 30 heavy (non-hydrogen) atoms. The van der Waals surface area contributed by atoms with Crippen LogP contribution in [0.5, 0.6) is 0 Å². The monoisotopic (exact) mass is 424 g/mol. The van der Waals surface area contributed by atoms with Crippen LogP contribution in [0, 0.1) is 5.82 Å². The molecule has 1 saturated heterocycles. The summed E-state index contributed by atoms with van der Waals surface area (Å²) in [5.41, 5.74) is -0.526. The number of halogens is 4. The molecule has 9 heteroatoms. The minimum Gasteiger partial charge on any atom is -0.468 e. The number of carbonyl (C=O) groups excluding carboxylic acids is 2. The molecule has 0 aliphatic carbocycles. The van der Waals surface area contributed by atoms with Crippen molar-refractivity contribution < 1.29 is 31.9 Å². The van der Waals surface area contributed by atoms with Crippen LogP contribution < -0.4 is 5.32 Å². The maximum absolute atomic E-state index is 13.8. The van der Waals surface area contributed by atoms with Crippen LogP contribution in [0.2, 0.25) is 0 Å². The van der Waals surface area contributed by atoms with Gasteiger partial charge in [-0.05, 0) is 30.2 Å². The van der Waals surface area contributed by atoms with E-state index in [0.717, 1.165) is 12.1 Å². The Morgan fingerprint density at radius 1 is 1.17 bits per heavy atom. The van der Waals surface area contributed by atoms with Crippen LogP contribution in [-0.2, 0) is 22.3 Å². The molecule has 0 bridgehead atoms. The third-order valence-corrected chi connectivity index (χ3v) is 4.97. The molecular formula is C21H20F4N2O3. The molecule has 0 spiro atoms. The Kier molecular flexibility index (Phi) is 6.40. The van der Waals surface area contributed by atoms with Crippen LogP contribution in [0.15, 0.2) is 48.5 Å². The number of alkyl halides is 3. The molecule has 2 atom stereocenters. The van der Waals surface area contributed by atoms with Gasteiger partial charge in [0.05, 0.1) is 18.2 Å². The summed E-state index contributed by atoms with van der Waals surface area (Å²) in [6.07, 6.45) is -4.27. The van der Waals surface area contributed by atoms with Crippen molar-refractivity contribution in [2.24, 2.45) is 0 Å². The number of likely N-dealkylation sites (tertiary alicyclic amines) is 1. The summed E-state index contributed by atoms with van der Waals surface area (Å²) in [6.45, 7) is 0.270. The molecule has 2 aromatic rings. The van der Waals surface area contributed by atoms with Crippen molar-refractivity contribution in [1.29, 1.82) is 0 Å². The second kappa shape index (κ2) is 8.83. The van der Waals surface area contributed by atoms with Gasteiger partial charge in [-0.2, -0.15) is 13.2 Å². The molecule has 5 nitrogen and oxygen atoms in total. The van der Waals surface area contributed by atoms with Gasteiger partial charge in [-0.15, -0.1) is 0 Å². The van der Waals surface area contributed by atoms with Crippen molar-refractivity contribution in [2.45, 2.75) is 31.2 Å². The van der Waals surface area contributed by atoms with E-state index >= 15 is 0 Å². The minimum atomic E-state index is -4.47. The van der Waals surface area contributed by atoms with Crippen LogP contribution >= 0.6 is 0 Å². The van der Waals surface area contributed by atoms with Gasteiger partial charge in [0, 0.05) is 19.1 Å². The average Bonchev–Trinajstić information content (AvgIpc) is 3.09. The molecular weight excluding hydrogens is 404 g/mol. The standard InChI is InChI=1S/C21H20F4N2O3/c1-30-20(29)18-10-15(26-19(28)16-7-2-3-8-17(16)22)12-27(18)11-13-5-4-6-14(9-13)21(23,24)25/h2-9,15,18H,10-12H2,1H3,(H,26,28)/t15-,18+/m1/s1. The van der Waals surface area contributed by atoms with Gasteiger partial charge >= 0.3 is 12.1 Å². The first-order valence-electron chi connectivity index (χ1n) is 9.22. The Bertz CT molecular complexity index is 932. The summed E-state index contributed by atoms with van der Waals surface area (Å²) >= 11 is 0. The number of hydrogen-bond donors (Lipinski definition) is 1. The van der Waals surface area contributed by atoms with E-state index in [-0.39, 0.29) is 25.1 Å². The zero-order valence-electron chi connectivity index (χ0n) is 16.1. The average molecular weight is 424 g/mol. The van der Waals surface area contributed by atoms with Gasteiger partial charge in [0.1, 0.15) is 11.9 Å². The molecule has 2 aromatic carbocycles. The predicted octanol–water partition coefficient (Wildman–Crippen LogP) is 3.39. The van der Waals surface area contributed by atoms with Crippen LogP contribution in [-0.4, -0.2) is 42.5 Å². The number of benzene rings is 2. The lowest BCUT2D eigenvalue weighted by Crippen LogP contribution is -2.38. The molecule has 1 amide bonds. The van der Waals surface area contributed by atoms with E-state index < -0.39 is 41.5 Å². The van der Waals surface area contributed by atoms with Gasteiger partial charge in [0.15, 0.2) is 0 Å². The van der Waals surface area contributed by atoms with E-state index in [0.29, 0.717) is 5.56 Å². The maximum Gasteiger partial charge on any atom is 0.416 e. The lowest BCUT2D eigenvalue weighted by atomic mass is 10.1. The third kappa shape index (κ3) is 4.96. The zero-order valence-corrected chi connectivity index (χ0v) is 16.1. The van der Waals surface area contributed by atoms with E-state index in [1.807, 2.05) is 0 Å². The van der Waals surface area contributed by atoms with Crippen LogP contribution in [0.25, 0.3) is 0 Å². The van der Waals surface area contributed by atoms with Gasteiger partial charge in [0.2, 0.25) is 0 Å². The molecule has 3 rings (SSSR count). The summed E-state index contributed by atoms with van der Waals surface area (Å²) in [5.74, 6) is -1.84. The molecule has 1 aliphatic heterocycles. The van der Waals surface area contributed by atoms with E-state index in [2.05, 4.69) is 5.32 Å². The number of hydrogen-bond acceptors (Lipinski definition) is 4. The highest BCUT2D eigenvalue weighted by Gasteiger charge is 2.38. The molecule has 1 fully saturated rings. The summed E-state index contributed by atoms with van der Waals surface area (Å²) < 4.78 is 57.6. The van der Waals surface area contributed by atoms with Crippen molar-refractivity contribution >= 4 is 11.9 Å². The maximum atomic E-state index is 13.8. The van der Waals surface area contributed by atoms with Gasteiger partial charge in [-0.25, -0.2) is 4.39 Å². The van der Waals surface area contributed by atoms with Gasteiger partial charge in [-0.1, -0.05) is 30.3 Å². The summed E-state index contributed by atoms with van der Waals surface area (Å²) in [5, 5.41) is 2.69. The number of carbonyl (C=O) groups is 2. The lowest BCUT2D eigenvalue weighted by Gasteiger charge is -2.22. The number of esters is 1. The fourth-order valence-electron chi connectivity index (χ4n) is 3.55. The number of rotatable bonds is 5. The number of nitrogens with one attached hydrogen (secondary N) is 1. The van der Waals surface area contributed by atoms with Crippen molar-refractivity contribution in [2.75, 3.05) is 13.7 Å². The highest BCUT2D eigenvalue weighted by molar-refractivity contribution is 5.94. The summed E-state index contributed by atoms with van der Waals surface area (Å²) in [7, 11) is 1.22. The van der Waals surface area contributed by atoms with Crippen molar-refractivity contribution in [3.8, 4) is 0 Å². The molecule has 160 valence electrons. The summed E-state index contributed by atoms with van der Waals surface area (Å²) in [6, 6.07) is 9.12. The Morgan fingerprint density at radius 2 is 1.90 bits per heavy atom.